The molecule has 14 heavy (non-hydrogen) atoms. The molecule has 0 atom stereocenters. The van der Waals surface area contributed by atoms with E-state index in [2.05, 4.69) is 6.58 Å². The van der Waals surface area contributed by atoms with Crippen molar-refractivity contribution < 1.29 is 4.79 Å². The van der Waals surface area contributed by atoms with Gasteiger partial charge >= 0.3 is 0 Å². The Kier molecular flexibility index (Phi) is 3.96. The van der Waals surface area contributed by atoms with Crippen LogP contribution in [0.25, 0.3) is 0 Å². The van der Waals surface area contributed by atoms with Gasteiger partial charge in [-0.15, -0.1) is 0 Å². The van der Waals surface area contributed by atoms with Crippen LogP contribution in [0.3, 0.4) is 0 Å². The van der Waals surface area contributed by atoms with Crippen molar-refractivity contribution in [1.29, 1.82) is 0 Å². The summed E-state index contributed by atoms with van der Waals surface area (Å²) >= 11 is 1.24. The highest BCUT2D eigenvalue weighted by atomic mass is 32.2. The molecule has 1 aromatic rings. The largest absolute Gasteiger partial charge is 0.282 e. The lowest BCUT2D eigenvalue weighted by Crippen LogP contribution is -2.02. The highest BCUT2D eigenvalue weighted by Gasteiger charge is 2.11. The standard InChI is InChI=1S/C12H14OS/c1-9(2)10(3)12(13)14-11-7-5-4-6-8-11/h4-9H,3H2,1-2H3. The van der Waals surface area contributed by atoms with Gasteiger partial charge in [0.25, 0.3) is 0 Å². The molecule has 74 valence electrons. The van der Waals surface area contributed by atoms with Crippen molar-refractivity contribution in [2.24, 2.45) is 5.92 Å². The van der Waals surface area contributed by atoms with Gasteiger partial charge in [0, 0.05) is 10.5 Å². The van der Waals surface area contributed by atoms with E-state index in [9.17, 15) is 4.79 Å². The van der Waals surface area contributed by atoms with Gasteiger partial charge in [0.15, 0.2) is 0 Å². The molecule has 0 N–H and O–H groups in total. The summed E-state index contributed by atoms with van der Waals surface area (Å²) < 4.78 is 0. The van der Waals surface area contributed by atoms with Crippen LogP contribution in [0.5, 0.6) is 0 Å². The average Bonchev–Trinajstić information content (AvgIpc) is 2.18. The molecule has 0 aliphatic rings. The first-order valence-electron chi connectivity index (χ1n) is 4.57. The molecule has 0 aliphatic heterocycles. The van der Waals surface area contributed by atoms with Crippen LogP contribution in [0.15, 0.2) is 47.4 Å². The first-order chi connectivity index (χ1) is 6.61. The van der Waals surface area contributed by atoms with Gasteiger partial charge < -0.3 is 0 Å². The molecule has 0 spiro atoms. The minimum atomic E-state index is 0.0613. The lowest BCUT2D eigenvalue weighted by molar-refractivity contribution is -0.108. The van der Waals surface area contributed by atoms with Crippen molar-refractivity contribution >= 4 is 16.9 Å². The molecule has 0 radical (unpaired) electrons. The maximum Gasteiger partial charge on any atom is 0.219 e. The first kappa shape index (κ1) is 11.1. The molecular formula is C12H14OS. The molecule has 0 unspecified atom stereocenters. The summed E-state index contributed by atoms with van der Waals surface area (Å²) in [6, 6.07) is 9.64. The van der Waals surface area contributed by atoms with E-state index in [0.717, 1.165) is 4.90 Å². The predicted molar refractivity (Wildman–Crippen MR) is 61.3 cm³/mol. The number of rotatable bonds is 3. The van der Waals surface area contributed by atoms with Gasteiger partial charge in [-0.2, -0.15) is 0 Å². The van der Waals surface area contributed by atoms with E-state index in [1.807, 2.05) is 44.2 Å². The second kappa shape index (κ2) is 5.01. The Morgan fingerprint density at radius 1 is 1.29 bits per heavy atom. The topological polar surface area (TPSA) is 17.1 Å². The summed E-state index contributed by atoms with van der Waals surface area (Å²) in [5.74, 6) is 0.221. The van der Waals surface area contributed by atoms with E-state index < -0.39 is 0 Å². The summed E-state index contributed by atoms with van der Waals surface area (Å²) in [6.07, 6.45) is 0. The van der Waals surface area contributed by atoms with Crippen LogP contribution in [0.1, 0.15) is 13.8 Å². The van der Waals surface area contributed by atoms with Gasteiger partial charge in [0.05, 0.1) is 0 Å². The van der Waals surface area contributed by atoms with Crippen LogP contribution >= 0.6 is 11.8 Å². The molecule has 0 aliphatic carbocycles. The summed E-state index contributed by atoms with van der Waals surface area (Å²) in [5.41, 5.74) is 0.679. The van der Waals surface area contributed by atoms with Crippen molar-refractivity contribution in [3.63, 3.8) is 0 Å². The van der Waals surface area contributed by atoms with Crippen molar-refractivity contribution in [2.75, 3.05) is 0 Å². The third-order valence-electron chi connectivity index (χ3n) is 1.91. The molecule has 1 rings (SSSR count). The highest BCUT2D eigenvalue weighted by Crippen LogP contribution is 2.23. The maximum absolute atomic E-state index is 11.6. The minimum Gasteiger partial charge on any atom is -0.282 e. The zero-order valence-corrected chi connectivity index (χ0v) is 9.30. The van der Waals surface area contributed by atoms with Gasteiger partial charge in [0.1, 0.15) is 0 Å². The van der Waals surface area contributed by atoms with Crippen LogP contribution in [0.4, 0.5) is 0 Å². The van der Waals surface area contributed by atoms with Crippen LogP contribution in [0, 0.1) is 5.92 Å². The molecule has 0 bridgehead atoms. The number of thioether (sulfide) groups is 1. The van der Waals surface area contributed by atoms with E-state index in [4.69, 9.17) is 0 Å². The van der Waals surface area contributed by atoms with Crippen LogP contribution in [-0.4, -0.2) is 5.12 Å². The molecule has 0 saturated heterocycles. The molecule has 0 aromatic heterocycles. The highest BCUT2D eigenvalue weighted by molar-refractivity contribution is 8.14. The monoisotopic (exact) mass is 206 g/mol. The van der Waals surface area contributed by atoms with Gasteiger partial charge in [0.2, 0.25) is 5.12 Å². The fourth-order valence-corrected chi connectivity index (χ4v) is 1.77. The van der Waals surface area contributed by atoms with E-state index >= 15 is 0 Å². The number of hydrogen-bond acceptors (Lipinski definition) is 2. The van der Waals surface area contributed by atoms with Crippen molar-refractivity contribution in [1.82, 2.24) is 0 Å². The number of hydrogen-bond donors (Lipinski definition) is 0. The molecule has 0 fully saturated rings. The Morgan fingerprint density at radius 3 is 2.36 bits per heavy atom. The van der Waals surface area contributed by atoms with Crippen molar-refractivity contribution in [2.45, 2.75) is 18.7 Å². The summed E-state index contributed by atoms with van der Waals surface area (Å²) in [4.78, 5) is 12.6. The summed E-state index contributed by atoms with van der Waals surface area (Å²) in [5, 5.41) is 0.0613. The van der Waals surface area contributed by atoms with Gasteiger partial charge in [-0.1, -0.05) is 38.6 Å². The minimum absolute atomic E-state index is 0.0613. The molecule has 0 amide bonds. The fraction of sp³-hybridized carbons (Fsp3) is 0.250. The third kappa shape index (κ3) is 3.04. The van der Waals surface area contributed by atoms with E-state index in [1.54, 1.807) is 0 Å². The van der Waals surface area contributed by atoms with Crippen molar-refractivity contribution in [3.05, 3.63) is 42.5 Å². The molecule has 1 aromatic carbocycles. The Hall–Kier alpha value is -1.02. The molecular weight excluding hydrogens is 192 g/mol. The van der Waals surface area contributed by atoms with E-state index in [1.165, 1.54) is 11.8 Å². The Balaban J connectivity index is 2.63. The zero-order valence-electron chi connectivity index (χ0n) is 8.49. The van der Waals surface area contributed by atoms with Gasteiger partial charge in [-0.05, 0) is 29.8 Å². The number of carbonyl (C=O) groups excluding carboxylic acids is 1. The van der Waals surface area contributed by atoms with E-state index in [0.29, 0.717) is 5.57 Å². The molecule has 0 saturated carbocycles. The third-order valence-corrected chi connectivity index (χ3v) is 2.87. The van der Waals surface area contributed by atoms with Crippen LogP contribution in [-0.2, 0) is 4.79 Å². The van der Waals surface area contributed by atoms with Gasteiger partial charge in [-0.3, -0.25) is 4.79 Å². The Morgan fingerprint density at radius 2 is 1.86 bits per heavy atom. The fourth-order valence-electron chi connectivity index (χ4n) is 0.897. The quantitative estimate of drug-likeness (QED) is 0.556. The van der Waals surface area contributed by atoms with Gasteiger partial charge in [-0.25, -0.2) is 0 Å². The zero-order chi connectivity index (χ0) is 10.6. The summed E-state index contributed by atoms with van der Waals surface area (Å²) in [7, 11) is 0. The summed E-state index contributed by atoms with van der Waals surface area (Å²) in [6.45, 7) is 7.74. The predicted octanol–water partition coefficient (Wildman–Crippen LogP) is 3.52. The first-order valence-corrected chi connectivity index (χ1v) is 5.39. The smallest absolute Gasteiger partial charge is 0.219 e. The van der Waals surface area contributed by atoms with Crippen LogP contribution in [0.2, 0.25) is 0 Å². The van der Waals surface area contributed by atoms with Crippen molar-refractivity contribution in [3.8, 4) is 0 Å². The van der Waals surface area contributed by atoms with Crippen LogP contribution < -0.4 is 0 Å². The molecule has 2 heteroatoms. The maximum atomic E-state index is 11.6. The number of benzene rings is 1. The lowest BCUT2D eigenvalue weighted by Gasteiger charge is -2.06. The second-order valence-corrected chi connectivity index (χ2v) is 4.43. The second-order valence-electron chi connectivity index (χ2n) is 3.38. The Bertz CT molecular complexity index is 327. The Labute approximate surface area is 89.2 Å². The van der Waals surface area contributed by atoms with E-state index in [-0.39, 0.29) is 11.0 Å². The average molecular weight is 206 g/mol. The normalized spacial score (nSPS) is 10.2. The lowest BCUT2D eigenvalue weighted by atomic mass is 10.1. The number of carbonyl (C=O) groups is 1. The molecule has 0 heterocycles. The SMILES string of the molecule is C=C(C(=O)Sc1ccccc1)C(C)C. The molecule has 1 nitrogen and oxygen atoms in total.